The lowest BCUT2D eigenvalue weighted by Crippen LogP contribution is -1.98. The molecule has 0 amide bonds. The Morgan fingerprint density at radius 3 is 2.39 bits per heavy atom. The van der Waals surface area contributed by atoms with E-state index in [0.29, 0.717) is 16.3 Å². The molecule has 0 saturated carbocycles. The summed E-state index contributed by atoms with van der Waals surface area (Å²) in [6.07, 6.45) is 0. The first-order chi connectivity index (χ1) is 13.5. The number of nitrogens with one attached hydrogen (secondary N) is 1. The molecular weight excluding hydrogens is 380 g/mol. The summed E-state index contributed by atoms with van der Waals surface area (Å²) in [5.41, 5.74) is 0.941. The standard InChI is InChI=1S/C21H13F2N3OS/c1-27-15-5-7-16(8-6-15)28-20-10-14(9-18(22)21(20)23)26-19-4-2-3-13(11-24)17(19)12-25/h2-10,26H,1H3. The highest BCUT2D eigenvalue weighted by molar-refractivity contribution is 7.99. The van der Waals surface area contributed by atoms with Crippen LogP contribution in [0.15, 0.2) is 64.4 Å². The van der Waals surface area contributed by atoms with Crippen LogP contribution in [0.5, 0.6) is 5.75 Å². The van der Waals surface area contributed by atoms with Crippen LogP contribution >= 0.6 is 11.8 Å². The summed E-state index contributed by atoms with van der Waals surface area (Å²) in [7, 11) is 1.54. The molecule has 7 heteroatoms. The summed E-state index contributed by atoms with van der Waals surface area (Å²) in [5.74, 6) is -1.32. The average Bonchev–Trinajstić information content (AvgIpc) is 2.72. The van der Waals surface area contributed by atoms with Gasteiger partial charge in [-0.15, -0.1) is 0 Å². The van der Waals surface area contributed by atoms with E-state index < -0.39 is 11.6 Å². The second-order valence-corrected chi connectivity index (χ2v) is 6.74. The van der Waals surface area contributed by atoms with Crippen molar-refractivity contribution in [3.05, 3.63) is 77.4 Å². The number of rotatable bonds is 5. The van der Waals surface area contributed by atoms with Gasteiger partial charge in [0, 0.05) is 16.6 Å². The second-order valence-electron chi connectivity index (χ2n) is 5.62. The molecule has 0 radical (unpaired) electrons. The first-order valence-electron chi connectivity index (χ1n) is 8.07. The first-order valence-corrected chi connectivity index (χ1v) is 8.88. The van der Waals surface area contributed by atoms with Gasteiger partial charge in [-0.05, 0) is 42.5 Å². The van der Waals surface area contributed by atoms with Crippen LogP contribution in [0, 0.1) is 34.3 Å². The molecule has 0 aliphatic rings. The van der Waals surface area contributed by atoms with Gasteiger partial charge >= 0.3 is 0 Å². The fourth-order valence-electron chi connectivity index (χ4n) is 2.51. The highest BCUT2D eigenvalue weighted by Crippen LogP contribution is 2.35. The number of benzene rings is 3. The Labute approximate surface area is 165 Å². The quantitative estimate of drug-likeness (QED) is 0.610. The van der Waals surface area contributed by atoms with E-state index in [4.69, 9.17) is 10.00 Å². The van der Waals surface area contributed by atoms with Gasteiger partial charge in [0.2, 0.25) is 0 Å². The van der Waals surface area contributed by atoms with E-state index in [9.17, 15) is 14.0 Å². The van der Waals surface area contributed by atoms with Crippen LogP contribution in [-0.2, 0) is 0 Å². The maximum absolute atomic E-state index is 14.3. The molecule has 0 spiro atoms. The van der Waals surface area contributed by atoms with Crippen molar-refractivity contribution >= 4 is 23.1 Å². The zero-order chi connectivity index (χ0) is 20.1. The minimum Gasteiger partial charge on any atom is -0.497 e. The van der Waals surface area contributed by atoms with Crippen molar-refractivity contribution in [2.24, 2.45) is 0 Å². The van der Waals surface area contributed by atoms with Gasteiger partial charge in [0.05, 0.1) is 28.8 Å². The maximum atomic E-state index is 14.3. The smallest absolute Gasteiger partial charge is 0.172 e. The molecule has 0 aliphatic heterocycles. The minimum atomic E-state index is -1.02. The number of hydrogen-bond acceptors (Lipinski definition) is 5. The number of ether oxygens (including phenoxy) is 1. The van der Waals surface area contributed by atoms with Crippen molar-refractivity contribution in [2.75, 3.05) is 12.4 Å². The molecule has 0 atom stereocenters. The Morgan fingerprint density at radius 2 is 1.75 bits per heavy atom. The molecule has 3 aromatic carbocycles. The van der Waals surface area contributed by atoms with Gasteiger partial charge in [0.25, 0.3) is 0 Å². The lowest BCUT2D eigenvalue weighted by atomic mass is 10.1. The van der Waals surface area contributed by atoms with Gasteiger partial charge in [0.15, 0.2) is 11.6 Å². The SMILES string of the molecule is COc1ccc(Sc2cc(Nc3cccc(C#N)c3C#N)cc(F)c2F)cc1. The second kappa shape index (κ2) is 8.43. The Balaban J connectivity index is 1.94. The first kappa shape index (κ1) is 19.2. The molecule has 0 bridgehead atoms. The Bertz CT molecular complexity index is 1100. The molecule has 3 rings (SSSR count). The van der Waals surface area contributed by atoms with E-state index in [1.54, 1.807) is 43.5 Å². The normalized spacial score (nSPS) is 10.0. The van der Waals surface area contributed by atoms with Crippen LogP contribution in [-0.4, -0.2) is 7.11 Å². The third-order valence-electron chi connectivity index (χ3n) is 3.86. The summed E-state index contributed by atoms with van der Waals surface area (Å²) in [5, 5.41) is 21.3. The van der Waals surface area contributed by atoms with Gasteiger partial charge < -0.3 is 10.1 Å². The molecule has 0 aromatic heterocycles. The van der Waals surface area contributed by atoms with E-state index in [1.165, 1.54) is 12.1 Å². The van der Waals surface area contributed by atoms with Crippen molar-refractivity contribution in [1.29, 1.82) is 10.5 Å². The lowest BCUT2D eigenvalue weighted by molar-refractivity contribution is 0.414. The predicted molar refractivity (Wildman–Crippen MR) is 103 cm³/mol. The molecule has 0 unspecified atom stereocenters. The lowest BCUT2D eigenvalue weighted by Gasteiger charge is -2.12. The summed E-state index contributed by atoms with van der Waals surface area (Å²) in [4.78, 5) is 0.794. The van der Waals surface area contributed by atoms with Crippen molar-refractivity contribution in [2.45, 2.75) is 9.79 Å². The topological polar surface area (TPSA) is 68.8 Å². The maximum Gasteiger partial charge on any atom is 0.172 e. The van der Waals surface area contributed by atoms with E-state index in [1.807, 2.05) is 12.1 Å². The molecule has 0 aliphatic carbocycles. The number of hydrogen-bond donors (Lipinski definition) is 1. The third-order valence-corrected chi connectivity index (χ3v) is 4.88. The van der Waals surface area contributed by atoms with Gasteiger partial charge in [-0.25, -0.2) is 8.78 Å². The minimum absolute atomic E-state index is 0.0858. The number of nitriles is 2. The molecule has 138 valence electrons. The zero-order valence-electron chi connectivity index (χ0n) is 14.7. The van der Waals surface area contributed by atoms with Gasteiger partial charge in [-0.2, -0.15) is 10.5 Å². The number of methoxy groups -OCH3 is 1. The van der Waals surface area contributed by atoms with Crippen LogP contribution in [0.25, 0.3) is 0 Å². The van der Waals surface area contributed by atoms with E-state index in [2.05, 4.69) is 5.32 Å². The molecule has 4 nitrogen and oxygen atoms in total. The van der Waals surface area contributed by atoms with Gasteiger partial charge in [-0.3, -0.25) is 0 Å². The molecule has 0 fully saturated rings. The third kappa shape index (κ3) is 4.06. The zero-order valence-corrected chi connectivity index (χ0v) is 15.5. The van der Waals surface area contributed by atoms with Crippen LogP contribution < -0.4 is 10.1 Å². The van der Waals surface area contributed by atoms with E-state index in [-0.39, 0.29) is 21.7 Å². The van der Waals surface area contributed by atoms with E-state index in [0.717, 1.165) is 17.8 Å². The summed E-state index contributed by atoms with van der Waals surface area (Å²) >= 11 is 1.06. The fraction of sp³-hybridized carbons (Fsp3) is 0.0476. The molecule has 0 heterocycles. The molecule has 0 saturated heterocycles. The summed E-state index contributed by atoms with van der Waals surface area (Å²) < 4.78 is 33.5. The number of halogens is 2. The summed E-state index contributed by atoms with van der Waals surface area (Å²) in [6.45, 7) is 0. The molecular formula is C21H13F2N3OS. The van der Waals surface area contributed by atoms with Crippen LogP contribution in [0.1, 0.15) is 11.1 Å². The average molecular weight is 393 g/mol. The van der Waals surface area contributed by atoms with Crippen molar-refractivity contribution < 1.29 is 13.5 Å². The Hall–Kier alpha value is -3.55. The number of nitrogens with zero attached hydrogens (tertiary/aromatic N) is 2. The largest absolute Gasteiger partial charge is 0.497 e. The molecule has 1 N–H and O–H groups in total. The van der Waals surface area contributed by atoms with Crippen LogP contribution in [0.4, 0.5) is 20.2 Å². The van der Waals surface area contributed by atoms with E-state index >= 15 is 0 Å². The highest BCUT2D eigenvalue weighted by atomic mass is 32.2. The Kier molecular flexibility index (Phi) is 5.78. The van der Waals surface area contributed by atoms with Crippen molar-refractivity contribution in [3.63, 3.8) is 0 Å². The summed E-state index contributed by atoms with van der Waals surface area (Å²) in [6, 6.07) is 18.0. The molecule has 28 heavy (non-hydrogen) atoms. The van der Waals surface area contributed by atoms with Crippen molar-refractivity contribution in [1.82, 2.24) is 0 Å². The fourth-order valence-corrected chi connectivity index (χ4v) is 3.41. The van der Waals surface area contributed by atoms with Crippen LogP contribution in [0.2, 0.25) is 0 Å². The van der Waals surface area contributed by atoms with Crippen molar-refractivity contribution in [3.8, 4) is 17.9 Å². The predicted octanol–water partition coefficient (Wildman–Crippen LogP) is 5.61. The van der Waals surface area contributed by atoms with Crippen LogP contribution in [0.3, 0.4) is 0 Å². The highest BCUT2D eigenvalue weighted by Gasteiger charge is 2.14. The Morgan fingerprint density at radius 1 is 1.00 bits per heavy atom. The van der Waals surface area contributed by atoms with Gasteiger partial charge in [0.1, 0.15) is 17.9 Å². The molecule has 3 aromatic rings. The van der Waals surface area contributed by atoms with Gasteiger partial charge in [-0.1, -0.05) is 17.8 Å². The monoisotopic (exact) mass is 393 g/mol. The number of anilines is 2.